The van der Waals surface area contributed by atoms with Crippen LogP contribution in [0.2, 0.25) is 5.02 Å². The third-order valence-corrected chi connectivity index (χ3v) is 3.00. The fourth-order valence-electron chi connectivity index (χ4n) is 1.90. The van der Waals surface area contributed by atoms with Gasteiger partial charge in [0.1, 0.15) is 11.0 Å². The second kappa shape index (κ2) is 3.71. The molecule has 5 heteroatoms. The average Bonchev–Trinajstić information content (AvgIpc) is 2.27. The Balaban J connectivity index is 2.70. The van der Waals surface area contributed by atoms with Gasteiger partial charge in [0.25, 0.3) is 0 Å². The van der Waals surface area contributed by atoms with E-state index in [-0.39, 0.29) is 16.0 Å². The van der Waals surface area contributed by atoms with Gasteiger partial charge >= 0.3 is 11.3 Å². The number of hydrogen-bond acceptors (Lipinski definition) is 4. The van der Waals surface area contributed by atoms with Crippen molar-refractivity contribution < 1.29 is 8.83 Å². The molecule has 0 bridgehead atoms. The van der Waals surface area contributed by atoms with E-state index in [2.05, 4.69) is 0 Å². The van der Waals surface area contributed by atoms with Crippen LogP contribution in [-0.4, -0.2) is 0 Å². The molecule has 4 nitrogen and oxygen atoms in total. The number of benzene rings is 1. The third-order valence-electron chi connectivity index (χ3n) is 2.70. The molecule has 0 unspecified atom stereocenters. The topological polar surface area (TPSA) is 60.4 Å². The molecule has 0 spiro atoms. The lowest BCUT2D eigenvalue weighted by Crippen LogP contribution is -2.05. The lowest BCUT2D eigenvalue weighted by molar-refractivity contribution is 0.543. The Bertz CT molecular complexity index is 889. The summed E-state index contributed by atoms with van der Waals surface area (Å²) in [7, 11) is 0. The fraction of sp³-hybridized carbons (Fsp3) is 0.0769. The highest BCUT2D eigenvalue weighted by atomic mass is 35.5. The molecular weight excluding hydrogens is 256 g/mol. The quantitative estimate of drug-likeness (QED) is 0.462. The van der Waals surface area contributed by atoms with Crippen LogP contribution in [0.5, 0.6) is 0 Å². The first-order chi connectivity index (χ1) is 8.56. The summed E-state index contributed by atoms with van der Waals surface area (Å²) in [5.74, 6) is 0. The molecule has 2 aromatic heterocycles. The Hall–Kier alpha value is -2.07. The second-order valence-corrected chi connectivity index (χ2v) is 4.41. The van der Waals surface area contributed by atoms with Crippen molar-refractivity contribution in [3.8, 4) is 0 Å². The molecule has 3 rings (SSSR count). The molecule has 18 heavy (non-hydrogen) atoms. The molecule has 0 amide bonds. The molecule has 3 aromatic rings. The van der Waals surface area contributed by atoms with Crippen LogP contribution in [0.25, 0.3) is 21.9 Å². The van der Waals surface area contributed by atoms with Gasteiger partial charge in [0.05, 0.1) is 10.4 Å². The Morgan fingerprint density at radius 1 is 1.11 bits per heavy atom. The van der Waals surface area contributed by atoms with Crippen LogP contribution in [0.15, 0.2) is 42.7 Å². The molecule has 2 heterocycles. The van der Waals surface area contributed by atoms with Gasteiger partial charge < -0.3 is 8.83 Å². The molecule has 0 N–H and O–H groups in total. The van der Waals surface area contributed by atoms with Gasteiger partial charge in [0.15, 0.2) is 5.58 Å². The first-order valence-electron chi connectivity index (χ1n) is 5.23. The number of rotatable bonds is 0. The first kappa shape index (κ1) is 11.0. The molecule has 0 saturated heterocycles. The summed E-state index contributed by atoms with van der Waals surface area (Å²) < 4.78 is 10.3. The summed E-state index contributed by atoms with van der Waals surface area (Å²) in [5, 5.41) is 0.680. The van der Waals surface area contributed by atoms with E-state index in [9.17, 15) is 9.59 Å². The molecule has 0 radical (unpaired) electrons. The van der Waals surface area contributed by atoms with Crippen LogP contribution in [0.1, 0.15) is 5.56 Å². The monoisotopic (exact) mass is 262 g/mol. The van der Waals surface area contributed by atoms with Crippen molar-refractivity contribution in [2.45, 2.75) is 6.92 Å². The maximum absolute atomic E-state index is 11.8. The van der Waals surface area contributed by atoms with Crippen molar-refractivity contribution in [3.05, 3.63) is 55.7 Å². The van der Waals surface area contributed by atoms with Gasteiger partial charge in [-0.25, -0.2) is 9.59 Å². The van der Waals surface area contributed by atoms with E-state index < -0.39 is 11.3 Å². The van der Waals surface area contributed by atoms with Gasteiger partial charge in [0.2, 0.25) is 0 Å². The minimum absolute atomic E-state index is 0.0393. The molecule has 1 aromatic carbocycles. The minimum Gasteiger partial charge on any atom is -0.422 e. The van der Waals surface area contributed by atoms with Crippen LogP contribution >= 0.6 is 11.6 Å². The van der Waals surface area contributed by atoms with E-state index in [1.54, 1.807) is 12.1 Å². The number of hydrogen-bond donors (Lipinski definition) is 0. The maximum Gasteiger partial charge on any atom is 0.348 e. The SMILES string of the molecule is Cc1ccc2c(c1)oc(=O)c1c(Cl)cc(=O)oc12. The van der Waals surface area contributed by atoms with Crippen LogP contribution in [0.3, 0.4) is 0 Å². The van der Waals surface area contributed by atoms with Crippen molar-refractivity contribution in [2.75, 3.05) is 0 Å². The molecular formula is C13H7ClO4. The first-order valence-corrected chi connectivity index (χ1v) is 5.61. The van der Waals surface area contributed by atoms with Gasteiger partial charge in [-0.05, 0) is 24.6 Å². The highest BCUT2D eigenvalue weighted by Gasteiger charge is 2.13. The van der Waals surface area contributed by atoms with Gasteiger partial charge in [-0.15, -0.1) is 0 Å². The summed E-state index contributed by atoms with van der Waals surface area (Å²) in [5.41, 5.74) is 0.267. The van der Waals surface area contributed by atoms with Crippen LogP contribution in [0.4, 0.5) is 0 Å². The zero-order valence-electron chi connectivity index (χ0n) is 9.32. The minimum atomic E-state index is -0.614. The molecule has 0 atom stereocenters. The van der Waals surface area contributed by atoms with E-state index in [1.165, 1.54) is 0 Å². The molecule has 0 aliphatic rings. The molecule has 0 aliphatic carbocycles. The van der Waals surface area contributed by atoms with Crippen molar-refractivity contribution in [2.24, 2.45) is 0 Å². The molecule has 0 fully saturated rings. The van der Waals surface area contributed by atoms with Gasteiger partial charge in [-0.3, -0.25) is 0 Å². The van der Waals surface area contributed by atoms with E-state index in [4.69, 9.17) is 20.4 Å². The lowest BCUT2D eigenvalue weighted by atomic mass is 10.1. The van der Waals surface area contributed by atoms with Crippen LogP contribution in [0, 0.1) is 6.92 Å². The Morgan fingerprint density at radius 3 is 2.67 bits per heavy atom. The zero-order chi connectivity index (χ0) is 12.9. The summed E-state index contributed by atoms with van der Waals surface area (Å²) in [6.45, 7) is 1.87. The molecule has 90 valence electrons. The highest BCUT2D eigenvalue weighted by Crippen LogP contribution is 2.26. The normalized spacial score (nSPS) is 11.2. The largest absolute Gasteiger partial charge is 0.422 e. The van der Waals surface area contributed by atoms with Crippen molar-refractivity contribution >= 4 is 33.5 Å². The molecule has 0 saturated carbocycles. The highest BCUT2D eigenvalue weighted by molar-refractivity contribution is 6.35. The summed E-state index contributed by atoms with van der Waals surface area (Å²) in [6, 6.07) is 6.33. The maximum atomic E-state index is 11.8. The number of halogens is 1. The van der Waals surface area contributed by atoms with Crippen molar-refractivity contribution in [3.63, 3.8) is 0 Å². The Morgan fingerprint density at radius 2 is 1.89 bits per heavy atom. The molecule has 0 aliphatic heterocycles. The Labute approximate surface area is 105 Å². The Kier molecular flexibility index (Phi) is 2.28. The van der Waals surface area contributed by atoms with E-state index in [0.29, 0.717) is 11.0 Å². The van der Waals surface area contributed by atoms with Crippen molar-refractivity contribution in [1.82, 2.24) is 0 Å². The summed E-state index contributed by atoms with van der Waals surface area (Å²) in [4.78, 5) is 23.2. The van der Waals surface area contributed by atoms with Gasteiger partial charge in [-0.2, -0.15) is 0 Å². The van der Waals surface area contributed by atoms with Crippen molar-refractivity contribution in [1.29, 1.82) is 0 Å². The number of aryl methyl sites for hydroxylation is 1. The number of fused-ring (bicyclic) bond motifs is 3. The third kappa shape index (κ3) is 1.54. The van der Waals surface area contributed by atoms with E-state index in [0.717, 1.165) is 11.6 Å². The summed E-state index contributed by atoms with van der Waals surface area (Å²) >= 11 is 5.88. The fourth-order valence-corrected chi connectivity index (χ4v) is 2.15. The van der Waals surface area contributed by atoms with Gasteiger partial charge in [-0.1, -0.05) is 17.7 Å². The predicted molar refractivity (Wildman–Crippen MR) is 68.3 cm³/mol. The lowest BCUT2D eigenvalue weighted by Gasteiger charge is -2.02. The van der Waals surface area contributed by atoms with E-state index >= 15 is 0 Å². The standard InChI is InChI=1S/C13H7ClO4/c1-6-2-3-7-9(4-6)17-13(16)11-8(14)5-10(15)18-12(7)11/h2-5H,1H3. The average molecular weight is 263 g/mol. The predicted octanol–water partition coefficient (Wildman–Crippen LogP) is 2.86. The summed E-state index contributed by atoms with van der Waals surface area (Å²) in [6.07, 6.45) is 0. The zero-order valence-corrected chi connectivity index (χ0v) is 10.1. The van der Waals surface area contributed by atoms with Gasteiger partial charge in [0, 0.05) is 6.07 Å². The van der Waals surface area contributed by atoms with Crippen LogP contribution < -0.4 is 11.3 Å². The smallest absolute Gasteiger partial charge is 0.348 e. The van der Waals surface area contributed by atoms with Crippen LogP contribution in [-0.2, 0) is 0 Å². The second-order valence-electron chi connectivity index (χ2n) is 4.01. The van der Waals surface area contributed by atoms with E-state index in [1.807, 2.05) is 13.0 Å².